The zero-order valence-electron chi connectivity index (χ0n) is 45.2. The van der Waals surface area contributed by atoms with Crippen LogP contribution >= 0.6 is 22.7 Å². The van der Waals surface area contributed by atoms with Crippen LogP contribution in [-0.2, 0) is 55.6 Å². The molecular formula is C60H74N8O9S4. The molecule has 432 valence electrons. The van der Waals surface area contributed by atoms with Crippen molar-refractivity contribution in [3.8, 4) is 0 Å². The predicted octanol–water partition coefficient (Wildman–Crippen LogP) is 9.83. The van der Waals surface area contributed by atoms with Crippen molar-refractivity contribution in [1.29, 1.82) is 0 Å². The van der Waals surface area contributed by atoms with Crippen molar-refractivity contribution >= 4 is 79.5 Å². The predicted molar refractivity (Wildman–Crippen MR) is 325 cm³/mol. The number of aromatic nitrogens is 2. The third-order valence-corrected chi connectivity index (χ3v) is 18.2. The zero-order chi connectivity index (χ0) is 57.4. The lowest BCUT2D eigenvalue weighted by Gasteiger charge is -2.31. The van der Waals surface area contributed by atoms with Crippen LogP contribution < -0.4 is 22.1 Å². The minimum Gasteiger partial charge on any atom is -0.475 e. The number of sulfonamides is 2. The lowest BCUT2D eigenvalue weighted by atomic mass is 10.0. The van der Waals surface area contributed by atoms with Gasteiger partial charge in [-0.25, -0.2) is 31.6 Å². The lowest BCUT2D eigenvalue weighted by Crippen LogP contribution is -2.51. The van der Waals surface area contributed by atoms with E-state index < -0.39 is 50.4 Å². The Balaban J connectivity index is 0.000000258. The van der Waals surface area contributed by atoms with Gasteiger partial charge in [-0.05, 0) is 83.8 Å². The number of hydrogen-bond acceptors (Lipinski definition) is 16. The topological polar surface area (TPSA) is 253 Å². The number of nitrogen functional groups attached to an aromatic ring is 2. The van der Waals surface area contributed by atoms with Gasteiger partial charge in [0.05, 0.1) is 49.6 Å². The Morgan fingerprint density at radius 3 is 1.56 bits per heavy atom. The number of amides is 1. The Hall–Kier alpha value is -6.95. The fraction of sp³-hybridized carbons (Fsp3) is 0.317. The van der Waals surface area contributed by atoms with Crippen molar-refractivity contribution in [2.75, 3.05) is 37.6 Å². The van der Waals surface area contributed by atoms with Gasteiger partial charge in [-0.15, -0.1) is 0 Å². The number of nitrogens with two attached hydrogens (primary N) is 2. The Morgan fingerprint density at radius 1 is 0.580 bits per heavy atom. The van der Waals surface area contributed by atoms with Crippen LogP contribution in [0.4, 0.5) is 15.1 Å². The molecule has 2 heterocycles. The molecule has 17 nitrogen and oxygen atoms in total. The highest BCUT2D eigenvalue weighted by Crippen LogP contribution is 2.33. The van der Waals surface area contributed by atoms with Gasteiger partial charge >= 0.3 is 6.09 Å². The molecule has 0 radical (unpaired) electrons. The molecule has 8 rings (SSSR count). The minimum absolute atomic E-state index is 0. The molecule has 0 aliphatic carbocycles. The van der Waals surface area contributed by atoms with Gasteiger partial charge in [0.15, 0.2) is 16.1 Å². The Morgan fingerprint density at radius 2 is 1.04 bits per heavy atom. The third kappa shape index (κ3) is 18.3. The van der Waals surface area contributed by atoms with Crippen LogP contribution in [0.15, 0.2) is 180 Å². The molecule has 81 heavy (non-hydrogen) atoms. The Kier molecular flexibility index (Phi) is 23.2. The van der Waals surface area contributed by atoms with E-state index in [9.17, 15) is 31.8 Å². The van der Waals surface area contributed by atoms with Crippen LogP contribution in [0, 0.1) is 11.8 Å². The summed E-state index contributed by atoms with van der Waals surface area (Å²) in [5.41, 5.74) is 16.4. The standard InChI is InChI=1S/C30H36N4O4S2.C29H34N4O5S2.CH4/c1-21(2)18-34(40(36,37)25-14-15-29-27(17-25)33-30(31)39-29)19-28(35)26(16-23-10-6-4-7-11-23)32-22(3)38-20-24-12-8-5-9-13-24;1-20(2)17-33(40(36,37)26-15-9-14-23-27(26)39-28(30)31-23)18-25(34)24(16-21-10-5-3-6-11-21)32-29(35)38-19-22-12-7-4-8-13-22;/h4-15,17,21,26,28,32,35H,3,16,18-20H2,1-2H3,(H2,31,33);3-15,20,24-25,34H,16-19H2,1-2H3,(H2,30,31)(H,32,35);1H4/t26-,28+;24-,25+;/m00./s1. The van der Waals surface area contributed by atoms with E-state index in [2.05, 4.69) is 27.2 Å². The van der Waals surface area contributed by atoms with E-state index in [4.69, 9.17) is 20.9 Å². The van der Waals surface area contributed by atoms with E-state index in [0.29, 0.717) is 39.8 Å². The maximum Gasteiger partial charge on any atom is 0.407 e. The van der Waals surface area contributed by atoms with Gasteiger partial charge in [0.25, 0.3) is 0 Å². The summed E-state index contributed by atoms with van der Waals surface area (Å²) >= 11 is 2.41. The van der Waals surface area contributed by atoms with E-state index in [1.807, 2.05) is 149 Å². The molecule has 0 saturated heterocycles. The first-order valence-corrected chi connectivity index (χ1v) is 30.6. The van der Waals surface area contributed by atoms with E-state index in [1.165, 1.54) is 32.1 Å². The number of aliphatic hydroxyl groups excluding tert-OH is 2. The fourth-order valence-electron chi connectivity index (χ4n) is 8.76. The summed E-state index contributed by atoms with van der Waals surface area (Å²) in [6.07, 6.45) is -2.28. The number of nitrogens with one attached hydrogen (secondary N) is 2. The normalized spacial score (nSPS) is 13.3. The number of alkyl carbamates (subject to hydrolysis) is 1. The second-order valence-electron chi connectivity index (χ2n) is 20.0. The summed E-state index contributed by atoms with van der Waals surface area (Å²) in [6, 6.07) is 46.4. The van der Waals surface area contributed by atoms with Crippen LogP contribution in [0.1, 0.15) is 57.4 Å². The van der Waals surface area contributed by atoms with Crippen molar-refractivity contribution in [3.63, 3.8) is 0 Å². The van der Waals surface area contributed by atoms with Crippen LogP contribution in [0.2, 0.25) is 0 Å². The lowest BCUT2D eigenvalue weighted by molar-refractivity contribution is 0.0873. The summed E-state index contributed by atoms with van der Waals surface area (Å²) < 4.78 is 70.6. The van der Waals surface area contributed by atoms with E-state index in [0.717, 1.165) is 38.3 Å². The Bertz CT molecular complexity index is 3480. The second-order valence-corrected chi connectivity index (χ2v) is 26.0. The first kappa shape index (κ1) is 63.2. The SMILES string of the molecule is C.C=C(N[C@@H](Cc1ccccc1)[C@H](O)CN(CC(C)C)S(=O)(=O)c1ccc2sc(N)nc2c1)OCc1ccccc1.CC(C)CN(C[C@@H](O)[C@H](Cc1ccccc1)NC(=O)OCc1ccccc1)S(=O)(=O)c1cccc2nc(N)sc12. The monoisotopic (exact) mass is 1180 g/mol. The van der Waals surface area contributed by atoms with E-state index in [1.54, 1.807) is 24.3 Å². The highest BCUT2D eigenvalue weighted by Gasteiger charge is 2.34. The molecule has 0 saturated carbocycles. The number of nitrogens with zero attached hydrogens (tertiary/aromatic N) is 4. The molecule has 6 aromatic carbocycles. The van der Waals surface area contributed by atoms with Crippen LogP contribution in [-0.4, -0.2) is 102 Å². The van der Waals surface area contributed by atoms with Gasteiger partial charge in [-0.2, -0.15) is 8.61 Å². The molecule has 0 aliphatic rings. The number of thiazole rings is 2. The van der Waals surface area contributed by atoms with Gasteiger partial charge in [-0.1, -0.05) is 185 Å². The van der Waals surface area contributed by atoms with Crippen molar-refractivity contribution in [2.45, 2.75) is 95.3 Å². The number of aliphatic hydroxyl groups is 2. The van der Waals surface area contributed by atoms with Gasteiger partial charge in [-0.3, -0.25) is 0 Å². The molecule has 1 amide bonds. The van der Waals surface area contributed by atoms with Crippen molar-refractivity contribution in [3.05, 3.63) is 192 Å². The fourth-order valence-corrected chi connectivity index (χ4v) is 14.0. The Labute approximate surface area is 484 Å². The van der Waals surface area contributed by atoms with Crippen molar-refractivity contribution < 1.29 is 41.3 Å². The first-order chi connectivity index (χ1) is 38.2. The zero-order valence-corrected chi connectivity index (χ0v) is 48.4. The summed E-state index contributed by atoms with van der Waals surface area (Å²) in [5.74, 6) is 0.308. The summed E-state index contributed by atoms with van der Waals surface area (Å²) in [5, 5.41) is 29.5. The number of carbonyl (C=O) groups excluding carboxylic acids is 1. The van der Waals surface area contributed by atoms with Gasteiger partial charge < -0.3 is 41.8 Å². The van der Waals surface area contributed by atoms with Gasteiger partial charge in [0.2, 0.25) is 20.0 Å². The smallest absolute Gasteiger partial charge is 0.407 e. The molecule has 0 bridgehead atoms. The highest BCUT2D eigenvalue weighted by atomic mass is 32.2. The molecule has 0 spiro atoms. The summed E-state index contributed by atoms with van der Waals surface area (Å²) in [4.78, 5) is 21.4. The number of rotatable bonds is 26. The third-order valence-electron chi connectivity index (χ3n) is 12.6. The maximum absolute atomic E-state index is 13.9. The molecule has 8 N–H and O–H groups in total. The maximum atomic E-state index is 13.9. The summed E-state index contributed by atoms with van der Waals surface area (Å²) in [6.45, 7) is 12.1. The highest BCUT2D eigenvalue weighted by molar-refractivity contribution is 7.89. The largest absolute Gasteiger partial charge is 0.475 e. The molecule has 21 heteroatoms. The average Bonchev–Trinajstić information content (AvgIpc) is 4.29. The van der Waals surface area contributed by atoms with Crippen LogP contribution in [0.3, 0.4) is 0 Å². The average molecular weight is 1180 g/mol. The van der Waals surface area contributed by atoms with Crippen LogP contribution in [0.5, 0.6) is 0 Å². The van der Waals surface area contributed by atoms with Crippen molar-refractivity contribution in [2.24, 2.45) is 11.8 Å². The number of hydrogen-bond donors (Lipinski definition) is 6. The van der Waals surface area contributed by atoms with E-state index >= 15 is 0 Å². The van der Waals surface area contributed by atoms with Gasteiger partial charge in [0.1, 0.15) is 18.1 Å². The quantitative estimate of drug-likeness (QED) is 0.0276. The molecule has 2 aromatic heterocycles. The number of ether oxygens (including phenoxy) is 2. The molecule has 0 fully saturated rings. The van der Waals surface area contributed by atoms with Crippen molar-refractivity contribution in [1.82, 2.24) is 29.2 Å². The number of carbonyl (C=O) groups is 1. The van der Waals surface area contributed by atoms with Crippen LogP contribution in [0.25, 0.3) is 20.4 Å². The van der Waals surface area contributed by atoms with E-state index in [-0.39, 0.29) is 73.4 Å². The second kappa shape index (κ2) is 29.7. The molecule has 0 aliphatic heterocycles. The molecular weight excluding hydrogens is 1100 g/mol. The number of anilines is 2. The number of benzene rings is 6. The molecule has 8 aromatic rings. The summed E-state index contributed by atoms with van der Waals surface area (Å²) in [7, 11) is -7.98. The molecule has 4 atom stereocenters. The minimum atomic E-state index is -4.04. The number of fused-ring (bicyclic) bond motifs is 2. The first-order valence-electron chi connectivity index (χ1n) is 26.1. The molecule has 0 unspecified atom stereocenters. The van der Waals surface area contributed by atoms with Gasteiger partial charge in [0, 0.05) is 26.2 Å².